The lowest BCUT2D eigenvalue weighted by Crippen LogP contribution is -2.35. The van der Waals surface area contributed by atoms with Gasteiger partial charge in [0, 0.05) is 6.42 Å². The molecule has 23 heavy (non-hydrogen) atoms. The Hall–Kier alpha value is -2.69. The summed E-state index contributed by atoms with van der Waals surface area (Å²) in [5, 5.41) is 15.8. The topological polar surface area (TPSA) is 62.9 Å². The normalized spacial score (nSPS) is 20.3. The molecule has 3 rings (SSSR count). The van der Waals surface area contributed by atoms with Crippen LogP contribution in [-0.4, -0.2) is 23.1 Å². The van der Waals surface area contributed by atoms with Crippen molar-refractivity contribution in [2.45, 2.75) is 24.7 Å². The first-order valence-electron chi connectivity index (χ1n) is 6.89. The van der Waals surface area contributed by atoms with Crippen molar-refractivity contribution in [3.63, 3.8) is 0 Å². The van der Waals surface area contributed by atoms with Gasteiger partial charge in [-0.05, 0) is 17.7 Å². The predicted molar refractivity (Wildman–Crippen MR) is 76.0 cm³/mol. The SMILES string of the molecule is COc1ccc([C@@H]2C[C@H](C(F)(F)F)n3ncc(C#N)c3N2)cc1. The number of aromatic nitrogens is 2. The maximum Gasteiger partial charge on any atom is 0.410 e. The second-order valence-corrected chi connectivity index (χ2v) is 5.23. The molecule has 120 valence electrons. The number of fused-ring (bicyclic) bond motifs is 1. The van der Waals surface area contributed by atoms with E-state index in [1.807, 2.05) is 6.07 Å². The number of benzene rings is 1. The second-order valence-electron chi connectivity index (χ2n) is 5.23. The van der Waals surface area contributed by atoms with Crippen LogP contribution in [0.25, 0.3) is 0 Å². The number of nitrogens with zero attached hydrogens (tertiary/aromatic N) is 3. The van der Waals surface area contributed by atoms with Crippen LogP contribution in [0, 0.1) is 11.3 Å². The van der Waals surface area contributed by atoms with E-state index in [-0.39, 0.29) is 17.8 Å². The summed E-state index contributed by atoms with van der Waals surface area (Å²) in [6, 6.07) is 6.33. The number of methoxy groups -OCH3 is 1. The minimum absolute atomic E-state index is 0.0949. The number of hydrogen-bond donors (Lipinski definition) is 1. The number of halogens is 3. The summed E-state index contributed by atoms with van der Waals surface area (Å²) in [6.07, 6.45) is -3.49. The third kappa shape index (κ3) is 2.70. The van der Waals surface area contributed by atoms with Crippen LogP contribution in [0.3, 0.4) is 0 Å². The average molecular weight is 322 g/mol. The van der Waals surface area contributed by atoms with E-state index in [0.717, 1.165) is 10.9 Å². The van der Waals surface area contributed by atoms with Gasteiger partial charge in [0.25, 0.3) is 0 Å². The minimum Gasteiger partial charge on any atom is -0.497 e. The summed E-state index contributed by atoms with van der Waals surface area (Å²) in [5.41, 5.74) is 0.786. The molecule has 0 saturated carbocycles. The molecule has 1 N–H and O–H groups in total. The molecule has 1 aromatic carbocycles. The number of nitriles is 1. The maximum absolute atomic E-state index is 13.3. The van der Waals surface area contributed by atoms with E-state index in [1.165, 1.54) is 7.11 Å². The molecular formula is C15H13F3N4O. The molecule has 5 nitrogen and oxygen atoms in total. The highest BCUT2D eigenvalue weighted by Crippen LogP contribution is 2.44. The number of alkyl halides is 3. The Balaban J connectivity index is 2.00. The Morgan fingerprint density at radius 3 is 2.61 bits per heavy atom. The fourth-order valence-electron chi connectivity index (χ4n) is 2.70. The highest BCUT2D eigenvalue weighted by Gasteiger charge is 2.46. The molecule has 2 aromatic rings. The van der Waals surface area contributed by atoms with Gasteiger partial charge in [0.15, 0.2) is 6.04 Å². The van der Waals surface area contributed by atoms with Crippen LogP contribution in [0.15, 0.2) is 30.5 Å². The number of hydrogen-bond acceptors (Lipinski definition) is 4. The molecule has 0 radical (unpaired) electrons. The summed E-state index contributed by atoms with van der Waals surface area (Å²) < 4.78 is 45.9. The van der Waals surface area contributed by atoms with Gasteiger partial charge in [-0.15, -0.1) is 0 Å². The van der Waals surface area contributed by atoms with Crippen LogP contribution < -0.4 is 10.1 Å². The van der Waals surface area contributed by atoms with Crippen LogP contribution in [0.1, 0.15) is 29.6 Å². The van der Waals surface area contributed by atoms with Crippen molar-refractivity contribution in [3.05, 3.63) is 41.6 Å². The molecule has 1 aromatic heterocycles. The van der Waals surface area contributed by atoms with Crippen molar-refractivity contribution in [1.82, 2.24) is 9.78 Å². The minimum atomic E-state index is -4.44. The number of rotatable bonds is 2. The highest BCUT2D eigenvalue weighted by molar-refractivity contribution is 5.54. The first-order chi connectivity index (χ1) is 10.9. The van der Waals surface area contributed by atoms with Gasteiger partial charge in [0.2, 0.25) is 0 Å². The lowest BCUT2D eigenvalue weighted by Gasteiger charge is -2.33. The van der Waals surface area contributed by atoms with Gasteiger partial charge in [0.1, 0.15) is 23.2 Å². The third-order valence-electron chi connectivity index (χ3n) is 3.88. The molecule has 0 spiro atoms. The molecule has 0 saturated heterocycles. The molecule has 0 aliphatic carbocycles. The zero-order valence-electron chi connectivity index (χ0n) is 12.1. The summed E-state index contributed by atoms with van der Waals surface area (Å²) in [4.78, 5) is 0. The Morgan fingerprint density at radius 2 is 2.04 bits per heavy atom. The van der Waals surface area contributed by atoms with E-state index >= 15 is 0 Å². The van der Waals surface area contributed by atoms with Crippen molar-refractivity contribution in [2.75, 3.05) is 12.4 Å². The van der Waals surface area contributed by atoms with E-state index < -0.39 is 18.3 Å². The van der Waals surface area contributed by atoms with Crippen LogP contribution in [0.2, 0.25) is 0 Å². The fourth-order valence-corrected chi connectivity index (χ4v) is 2.70. The molecule has 0 fully saturated rings. The second kappa shape index (κ2) is 5.50. The third-order valence-corrected chi connectivity index (χ3v) is 3.88. The Bertz CT molecular complexity index is 746. The molecule has 0 bridgehead atoms. The lowest BCUT2D eigenvalue weighted by atomic mass is 9.96. The molecular weight excluding hydrogens is 309 g/mol. The zero-order chi connectivity index (χ0) is 16.6. The standard InChI is InChI=1S/C15H13F3N4O/c1-23-11-4-2-9(3-5-11)12-6-13(15(16,17)18)22-14(21-12)10(7-19)8-20-22/h2-5,8,12-13,21H,6H2,1H3/t12-,13+/m0/s1. The fraction of sp³-hybridized carbons (Fsp3) is 0.333. The molecule has 0 amide bonds. The predicted octanol–water partition coefficient (Wildman–Crippen LogP) is 3.42. The van der Waals surface area contributed by atoms with Gasteiger partial charge in [-0.2, -0.15) is 23.5 Å². The quantitative estimate of drug-likeness (QED) is 0.920. The van der Waals surface area contributed by atoms with E-state index in [2.05, 4.69) is 10.4 Å². The van der Waals surface area contributed by atoms with Crippen LogP contribution in [0.4, 0.5) is 19.0 Å². The first-order valence-corrected chi connectivity index (χ1v) is 6.89. The van der Waals surface area contributed by atoms with Crippen molar-refractivity contribution in [3.8, 4) is 11.8 Å². The summed E-state index contributed by atoms with van der Waals surface area (Å²) in [5.74, 6) is 0.724. The van der Waals surface area contributed by atoms with Crippen LogP contribution >= 0.6 is 0 Å². The molecule has 1 aliphatic heterocycles. The highest BCUT2D eigenvalue weighted by atomic mass is 19.4. The smallest absolute Gasteiger partial charge is 0.410 e. The monoisotopic (exact) mass is 322 g/mol. The average Bonchev–Trinajstić information content (AvgIpc) is 2.96. The summed E-state index contributed by atoms with van der Waals surface area (Å²) in [6.45, 7) is 0. The van der Waals surface area contributed by atoms with Gasteiger partial charge in [-0.1, -0.05) is 12.1 Å². The van der Waals surface area contributed by atoms with E-state index in [0.29, 0.717) is 11.3 Å². The molecule has 8 heteroatoms. The Morgan fingerprint density at radius 1 is 1.35 bits per heavy atom. The zero-order valence-corrected chi connectivity index (χ0v) is 12.1. The van der Waals surface area contributed by atoms with Gasteiger partial charge < -0.3 is 10.1 Å². The van der Waals surface area contributed by atoms with Crippen molar-refractivity contribution in [1.29, 1.82) is 5.26 Å². The van der Waals surface area contributed by atoms with Gasteiger partial charge >= 0.3 is 6.18 Å². The van der Waals surface area contributed by atoms with Crippen molar-refractivity contribution < 1.29 is 17.9 Å². The Kier molecular flexibility index (Phi) is 3.64. The Labute approximate surface area is 130 Å². The first kappa shape index (κ1) is 15.2. The van der Waals surface area contributed by atoms with Gasteiger partial charge in [0.05, 0.1) is 19.3 Å². The van der Waals surface area contributed by atoms with Gasteiger partial charge in [-0.25, -0.2) is 4.68 Å². The maximum atomic E-state index is 13.3. The van der Waals surface area contributed by atoms with E-state index in [4.69, 9.17) is 10.00 Å². The van der Waals surface area contributed by atoms with Crippen LogP contribution in [0.5, 0.6) is 5.75 Å². The largest absolute Gasteiger partial charge is 0.497 e. The van der Waals surface area contributed by atoms with Gasteiger partial charge in [-0.3, -0.25) is 0 Å². The molecule has 0 unspecified atom stereocenters. The summed E-state index contributed by atoms with van der Waals surface area (Å²) >= 11 is 0. The van der Waals surface area contributed by atoms with E-state index in [9.17, 15) is 13.2 Å². The lowest BCUT2D eigenvalue weighted by molar-refractivity contribution is -0.173. The number of nitrogens with one attached hydrogen (secondary N) is 1. The molecule has 2 heterocycles. The van der Waals surface area contributed by atoms with E-state index in [1.54, 1.807) is 24.3 Å². The molecule has 1 aliphatic rings. The van der Waals surface area contributed by atoms with Crippen molar-refractivity contribution in [2.24, 2.45) is 0 Å². The number of ether oxygens (including phenoxy) is 1. The number of anilines is 1. The molecule has 2 atom stereocenters. The van der Waals surface area contributed by atoms with Crippen molar-refractivity contribution >= 4 is 5.82 Å². The van der Waals surface area contributed by atoms with Crippen LogP contribution in [-0.2, 0) is 0 Å². The summed E-state index contributed by atoms with van der Waals surface area (Å²) in [7, 11) is 1.52.